The lowest BCUT2D eigenvalue weighted by Crippen LogP contribution is -2.00. The number of nitrogens with zero attached hydrogens (tertiary/aromatic N) is 2. The van der Waals surface area contributed by atoms with E-state index in [1.165, 1.54) is 12.1 Å². The normalized spacial score (nSPS) is 10.5. The van der Waals surface area contributed by atoms with Crippen LogP contribution in [0, 0.1) is 6.92 Å². The van der Waals surface area contributed by atoms with Crippen LogP contribution in [0.4, 0.5) is 0 Å². The third kappa shape index (κ3) is 2.67. The van der Waals surface area contributed by atoms with Gasteiger partial charge in [0.1, 0.15) is 5.52 Å². The van der Waals surface area contributed by atoms with Crippen molar-refractivity contribution in [2.24, 2.45) is 0 Å². The molecular formula is C16H12N2O3. The highest BCUT2D eigenvalue weighted by Gasteiger charge is 2.10. The predicted molar refractivity (Wildman–Crippen MR) is 77.8 cm³/mol. The average Bonchev–Trinajstić information content (AvgIpc) is 2.47. The summed E-state index contributed by atoms with van der Waals surface area (Å²) in [5.74, 6) is -0.227. The van der Waals surface area contributed by atoms with Gasteiger partial charge in [0.2, 0.25) is 5.88 Å². The maximum Gasteiger partial charge on any atom is 0.335 e. The first kappa shape index (κ1) is 13.1. The minimum Gasteiger partial charge on any atom is -0.478 e. The third-order valence-corrected chi connectivity index (χ3v) is 2.99. The van der Waals surface area contributed by atoms with Gasteiger partial charge in [0.15, 0.2) is 5.75 Å². The summed E-state index contributed by atoms with van der Waals surface area (Å²) in [7, 11) is 0. The van der Waals surface area contributed by atoms with Crippen LogP contribution in [0.2, 0.25) is 0 Å². The maximum atomic E-state index is 11.1. The quantitative estimate of drug-likeness (QED) is 0.795. The standard InChI is InChI=1S/C16H12N2O3/c1-10-8-12(16(19)20)9-14(18-10)21-13-6-2-4-11-5-3-7-17-15(11)13/h2-9H,1H3,(H,19,20). The van der Waals surface area contributed by atoms with Crippen molar-refractivity contribution in [3.8, 4) is 11.6 Å². The first-order valence-electron chi connectivity index (χ1n) is 6.37. The number of ether oxygens (including phenoxy) is 1. The molecule has 0 spiro atoms. The molecule has 0 atom stereocenters. The number of carbonyl (C=O) groups is 1. The van der Waals surface area contributed by atoms with Crippen LogP contribution in [-0.2, 0) is 0 Å². The molecular weight excluding hydrogens is 268 g/mol. The smallest absolute Gasteiger partial charge is 0.335 e. The molecule has 0 saturated carbocycles. The van der Waals surface area contributed by atoms with Crippen LogP contribution in [0.15, 0.2) is 48.7 Å². The van der Waals surface area contributed by atoms with Crippen LogP contribution in [-0.4, -0.2) is 21.0 Å². The molecule has 2 heterocycles. The summed E-state index contributed by atoms with van der Waals surface area (Å²) in [5, 5.41) is 10.0. The van der Waals surface area contributed by atoms with Gasteiger partial charge in [-0.15, -0.1) is 0 Å². The molecule has 3 rings (SSSR count). The lowest BCUT2D eigenvalue weighted by Gasteiger charge is -2.08. The molecule has 5 heteroatoms. The van der Waals surface area contributed by atoms with E-state index in [2.05, 4.69) is 9.97 Å². The summed E-state index contributed by atoms with van der Waals surface area (Å²) in [6, 6.07) is 12.2. The Morgan fingerprint density at radius 1 is 1.19 bits per heavy atom. The highest BCUT2D eigenvalue weighted by molar-refractivity contribution is 5.88. The van der Waals surface area contributed by atoms with Crippen LogP contribution >= 0.6 is 0 Å². The summed E-state index contributed by atoms with van der Waals surface area (Å²) in [6.07, 6.45) is 1.68. The fourth-order valence-corrected chi connectivity index (χ4v) is 2.09. The van der Waals surface area contributed by atoms with E-state index in [0.29, 0.717) is 17.0 Å². The number of rotatable bonds is 3. The Kier molecular flexibility index (Phi) is 3.23. The van der Waals surface area contributed by atoms with Gasteiger partial charge in [-0.1, -0.05) is 18.2 Å². The zero-order valence-electron chi connectivity index (χ0n) is 11.3. The summed E-state index contributed by atoms with van der Waals surface area (Å²) in [5.41, 5.74) is 1.43. The van der Waals surface area contributed by atoms with E-state index in [1.54, 1.807) is 19.2 Å². The van der Waals surface area contributed by atoms with Gasteiger partial charge in [-0.05, 0) is 25.1 Å². The number of fused-ring (bicyclic) bond motifs is 1. The van der Waals surface area contributed by atoms with Crippen LogP contribution in [0.3, 0.4) is 0 Å². The van der Waals surface area contributed by atoms with E-state index >= 15 is 0 Å². The number of aryl methyl sites for hydroxylation is 1. The fraction of sp³-hybridized carbons (Fsp3) is 0.0625. The molecule has 21 heavy (non-hydrogen) atoms. The van der Waals surface area contributed by atoms with E-state index in [4.69, 9.17) is 9.84 Å². The van der Waals surface area contributed by atoms with Crippen molar-refractivity contribution in [3.05, 3.63) is 59.9 Å². The first-order chi connectivity index (χ1) is 10.1. The summed E-state index contributed by atoms with van der Waals surface area (Å²) >= 11 is 0. The SMILES string of the molecule is Cc1cc(C(=O)O)cc(Oc2cccc3cccnc23)n1. The molecule has 0 aliphatic rings. The van der Waals surface area contributed by atoms with Gasteiger partial charge in [-0.3, -0.25) is 4.98 Å². The summed E-state index contributed by atoms with van der Waals surface area (Å²) in [4.78, 5) is 19.6. The Bertz CT molecular complexity index is 825. The van der Waals surface area contributed by atoms with E-state index in [9.17, 15) is 4.79 Å². The largest absolute Gasteiger partial charge is 0.478 e. The van der Waals surface area contributed by atoms with E-state index < -0.39 is 5.97 Å². The zero-order valence-corrected chi connectivity index (χ0v) is 11.3. The Balaban J connectivity index is 2.05. The molecule has 0 radical (unpaired) electrons. The van der Waals surface area contributed by atoms with Gasteiger partial charge >= 0.3 is 5.97 Å². The van der Waals surface area contributed by atoms with Crippen molar-refractivity contribution in [1.82, 2.24) is 9.97 Å². The third-order valence-electron chi connectivity index (χ3n) is 2.99. The van der Waals surface area contributed by atoms with Crippen LogP contribution in [0.1, 0.15) is 16.1 Å². The minimum absolute atomic E-state index is 0.144. The highest BCUT2D eigenvalue weighted by Crippen LogP contribution is 2.27. The monoisotopic (exact) mass is 280 g/mol. The molecule has 3 aromatic rings. The number of benzene rings is 1. The van der Waals surface area contributed by atoms with Gasteiger partial charge in [0.25, 0.3) is 0 Å². The van der Waals surface area contributed by atoms with Gasteiger partial charge in [-0.2, -0.15) is 0 Å². The lowest BCUT2D eigenvalue weighted by molar-refractivity contribution is 0.0696. The maximum absolute atomic E-state index is 11.1. The second-order valence-electron chi connectivity index (χ2n) is 4.57. The number of carboxylic acid groups (broad SMARTS) is 1. The number of pyridine rings is 2. The molecule has 0 saturated heterocycles. The van der Waals surface area contributed by atoms with Gasteiger partial charge in [0, 0.05) is 23.3 Å². The number of carboxylic acids is 1. The average molecular weight is 280 g/mol. The van der Waals surface area contributed by atoms with Crippen molar-refractivity contribution in [2.45, 2.75) is 6.92 Å². The fourth-order valence-electron chi connectivity index (χ4n) is 2.09. The lowest BCUT2D eigenvalue weighted by atomic mass is 10.2. The molecule has 1 N–H and O–H groups in total. The molecule has 0 aliphatic carbocycles. The van der Waals surface area contributed by atoms with E-state index in [0.717, 1.165) is 5.39 Å². The Morgan fingerprint density at radius 2 is 2.00 bits per heavy atom. The number of aromatic nitrogens is 2. The zero-order chi connectivity index (χ0) is 14.8. The van der Waals surface area contributed by atoms with Gasteiger partial charge in [-0.25, -0.2) is 9.78 Å². The van der Waals surface area contributed by atoms with Gasteiger partial charge in [0.05, 0.1) is 5.56 Å². The second-order valence-corrected chi connectivity index (χ2v) is 4.57. The van der Waals surface area contributed by atoms with Crippen molar-refractivity contribution in [1.29, 1.82) is 0 Å². The van der Waals surface area contributed by atoms with Gasteiger partial charge < -0.3 is 9.84 Å². The van der Waals surface area contributed by atoms with Crippen molar-refractivity contribution in [2.75, 3.05) is 0 Å². The van der Waals surface area contributed by atoms with Crippen LogP contribution in [0.5, 0.6) is 11.6 Å². The molecule has 0 fully saturated rings. The number of hydrogen-bond donors (Lipinski definition) is 1. The predicted octanol–water partition coefficient (Wildman–Crippen LogP) is 3.43. The molecule has 2 aromatic heterocycles. The Labute approximate surface area is 120 Å². The van der Waals surface area contributed by atoms with Crippen LogP contribution < -0.4 is 4.74 Å². The van der Waals surface area contributed by atoms with Crippen LogP contribution in [0.25, 0.3) is 10.9 Å². The molecule has 0 amide bonds. The molecule has 0 aliphatic heterocycles. The van der Waals surface area contributed by atoms with E-state index in [-0.39, 0.29) is 11.4 Å². The second kappa shape index (κ2) is 5.20. The first-order valence-corrected chi connectivity index (χ1v) is 6.37. The molecule has 0 unspecified atom stereocenters. The number of aromatic carboxylic acids is 1. The molecule has 5 nitrogen and oxygen atoms in total. The van der Waals surface area contributed by atoms with E-state index in [1.807, 2.05) is 24.3 Å². The van der Waals surface area contributed by atoms with Crippen molar-refractivity contribution in [3.63, 3.8) is 0 Å². The Hall–Kier alpha value is -2.95. The summed E-state index contributed by atoms with van der Waals surface area (Å²) < 4.78 is 5.73. The highest BCUT2D eigenvalue weighted by atomic mass is 16.5. The number of para-hydroxylation sites is 1. The molecule has 0 bridgehead atoms. The van der Waals surface area contributed by atoms with Crippen molar-refractivity contribution < 1.29 is 14.6 Å². The number of hydrogen-bond acceptors (Lipinski definition) is 4. The molecule has 1 aromatic carbocycles. The minimum atomic E-state index is -1.01. The summed E-state index contributed by atoms with van der Waals surface area (Å²) in [6.45, 7) is 1.72. The topological polar surface area (TPSA) is 72.3 Å². The van der Waals surface area contributed by atoms with Crippen molar-refractivity contribution >= 4 is 16.9 Å². The molecule has 104 valence electrons. The Morgan fingerprint density at radius 3 is 2.81 bits per heavy atom.